The molecule has 0 aromatic heterocycles. The number of rotatable bonds is 15. The summed E-state index contributed by atoms with van der Waals surface area (Å²) in [5, 5.41) is 14.6. The van der Waals surface area contributed by atoms with E-state index in [0.717, 1.165) is 43.1 Å². The van der Waals surface area contributed by atoms with Crippen LogP contribution in [0.25, 0.3) is 0 Å². The number of benzene rings is 3. The van der Waals surface area contributed by atoms with Gasteiger partial charge in [0.25, 0.3) is 0 Å². The molecule has 3 aromatic rings. The van der Waals surface area contributed by atoms with E-state index in [0.29, 0.717) is 48.0 Å². The number of likely N-dealkylation sites (N-methyl/N-ethyl adjacent to an activating group) is 2. The molecular formula is C45H59N9O8S2. The minimum absolute atomic E-state index is 0.00444. The van der Waals surface area contributed by atoms with Crippen LogP contribution in [-0.2, 0) is 20.8 Å². The number of ether oxygens (including phenoxy) is 3. The van der Waals surface area contributed by atoms with Gasteiger partial charge < -0.3 is 55.1 Å². The van der Waals surface area contributed by atoms with Gasteiger partial charge >= 0.3 is 12.1 Å². The maximum Gasteiger partial charge on any atom is 0.321 e. The lowest BCUT2D eigenvalue weighted by Gasteiger charge is -2.42. The second kappa shape index (κ2) is 21.5. The zero-order valence-corrected chi connectivity index (χ0v) is 38.6. The third kappa shape index (κ3) is 11.8. The first-order valence-corrected chi connectivity index (χ1v) is 23.7. The zero-order chi connectivity index (χ0) is 45.3. The van der Waals surface area contributed by atoms with Crippen molar-refractivity contribution in [2.75, 3.05) is 88.9 Å². The molecule has 0 saturated carbocycles. The van der Waals surface area contributed by atoms with Crippen molar-refractivity contribution in [2.45, 2.75) is 55.7 Å². The fourth-order valence-electron chi connectivity index (χ4n) is 8.22. The summed E-state index contributed by atoms with van der Waals surface area (Å²) in [5.74, 6) is 2.62. The first-order chi connectivity index (χ1) is 30.8. The number of hydrogen-bond acceptors (Lipinski definition) is 12. The number of fused-ring (bicyclic) bond motifs is 1. The van der Waals surface area contributed by atoms with E-state index >= 15 is 0 Å². The predicted octanol–water partition coefficient (Wildman–Crippen LogP) is 3.91. The molecular weight excluding hydrogens is 859 g/mol. The molecule has 4 aliphatic heterocycles. The Hall–Kier alpha value is -5.37. The number of piperazine rings is 1. The van der Waals surface area contributed by atoms with Crippen molar-refractivity contribution in [3.8, 4) is 17.2 Å². The highest BCUT2D eigenvalue weighted by atomic mass is 32.2. The molecule has 7 rings (SSSR count). The molecule has 3 aromatic carbocycles. The average molecular weight is 918 g/mol. The van der Waals surface area contributed by atoms with Crippen molar-refractivity contribution in [3.05, 3.63) is 77.9 Å². The van der Waals surface area contributed by atoms with Crippen LogP contribution in [0.4, 0.5) is 21.0 Å². The van der Waals surface area contributed by atoms with Crippen molar-refractivity contribution in [3.63, 3.8) is 0 Å². The second-order valence-corrected chi connectivity index (χ2v) is 18.8. The highest BCUT2D eigenvalue weighted by Crippen LogP contribution is 2.37. The van der Waals surface area contributed by atoms with Gasteiger partial charge in [-0.2, -0.15) is 0 Å². The van der Waals surface area contributed by atoms with Crippen molar-refractivity contribution >= 4 is 64.7 Å². The van der Waals surface area contributed by atoms with E-state index in [1.54, 1.807) is 84.3 Å². The minimum Gasteiger partial charge on any atom is -0.497 e. The summed E-state index contributed by atoms with van der Waals surface area (Å²) in [6.45, 7) is 8.30. The molecule has 64 heavy (non-hydrogen) atoms. The number of amides is 7. The molecule has 6 atom stereocenters. The molecule has 0 radical (unpaired) electrons. The van der Waals surface area contributed by atoms with Crippen LogP contribution in [0.3, 0.4) is 0 Å². The van der Waals surface area contributed by atoms with Crippen LogP contribution in [0, 0.1) is 5.92 Å². The number of hydrogen-bond donors (Lipinski definition) is 5. The Labute approximate surface area is 383 Å². The number of methoxy groups -OCH3 is 1. The van der Waals surface area contributed by atoms with Gasteiger partial charge in [-0.15, -0.1) is 23.5 Å². The number of carbonyl (C=O) groups is 5. The fourth-order valence-corrected chi connectivity index (χ4v) is 10.4. The summed E-state index contributed by atoms with van der Waals surface area (Å²) in [6.07, 6.45) is 0.740. The molecule has 0 bridgehead atoms. The summed E-state index contributed by atoms with van der Waals surface area (Å²) in [4.78, 5) is 73.2. The molecule has 7 amide bonds. The van der Waals surface area contributed by atoms with Crippen LogP contribution in [0.15, 0.2) is 66.7 Å². The monoisotopic (exact) mass is 917 g/mol. The topological polar surface area (TPSA) is 186 Å². The lowest BCUT2D eigenvalue weighted by Crippen LogP contribution is -2.56. The maximum atomic E-state index is 14.3. The summed E-state index contributed by atoms with van der Waals surface area (Å²) in [5.41, 5.74) is 2.88. The molecule has 3 saturated heterocycles. The molecule has 4 unspecified atom stereocenters. The van der Waals surface area contributed by atoms with E-state index in [1.165, 1.54) is 11.8 Å². The second-order valence-electron chi connectivity index (χ2n) is 16.5. The Morgan fingerprint density at radius 1 is 0.906 bits per heavy atom. The third-order valence-corrected chi connectivity index (χ3v) is 14.5. The largest absolute Gasteiger partial charge is 0.497 e. The third-order valence-electron chi connectivity index (χ3n) is 12.0. The van der Waals surface area contributed by atoms with Gasteiger partial charge in [-0.3, -0.25) is 19.7 Å². The lowest BCUT2D eigenvalue weighted by atomic mass is 9.88. The maximum absolute atomic E-state index is 14.3. The molecule has 344 valence electrons. The summed E-state index contributed by atoms with van der Waals surface area (Å²) in [7, 11) is 5.37. The van der Waals surface area contributed by atoms with Crippen LogP contribution in [-0.4, -0.2) is 146 Å². The Bertz CT molecular complexity index is 2130. The van der Waals surface area contributed by atoms with Crippen molar-refractivity contribution in [1.29, 1.82) is 0 Å². The quantitative estimate of drug-likeness (QED) is 0.139. The molecule has 4 aliphatic rings. The Balaban J connectivity index is 0.857. The molecule has 0 spiro atoms. The van der Waals surface area contributed by atoms with Gasteiger partial charge in [0.1, 0.15) is 42.0 Å². The first kappa shape index (κ1) is 46.6. The van der Waals surface area contributed by atoms with Crippen LogP contribution in [0.2, 0.25) is 0 Å². The first-order valence-electron chi connectivity index (χ1n) is 21.6. The van der Waals surface area contributed by atoms with Crippen LogP contribution < -0.4 is 45.7 Å². The number of thioether (sulfide) groups is 2. The number of nitrogens with one attached hydrogen (secondary N) is 5. The fraction of sp³-hybridized carbons (Fsp3) is 0.489. The SMILES string of the molecule is COc1ccc2c(c1)C[C@@H](C(=O)N(C)c1ccc(OCCOc3ccc(NC(=O)NC4NC(CC(=O)N5CCN(C)CC5)CS4)cc3)cc1)N(C(=O)CSC1NC(=O)NCC1C)[C@H]2C. The molecule has 19 heteroatoms. The number of urea groups is 2. The Morgan fingerprint density at radius 3 is 2.27 bits per heavy atom. The van der Waals surface area contributed by atoms with Gasteiger partial charge in [0, 0.05) is 81.7 Å². The van der Waals surface area contributed by atoms with E-state index in [-0.39, 0.29) is 77.6 Å². The van der Waals surface area contributed by atoms with Crippen molar-refractivity contribution in [1.82, 2.24) is 36.0 Å². The van der Waals surface area contributed by atoms with Gasteiger partial charge in [-0.1, -0.05) is 13.0 Å². The van der Waals surface area contributed by atoms with E-state index < -0.39 is 6.04 Å². The summed E-state index contributed by atoms with van der Waals surface area (Å²) in [6, 6.07) is 18.3. The average Bonchev–Trinajstić information content (AvgIpc) is 3.73. The molecule has 0 aliphatic carbocycles. The number of nitrogens with zero attached hydrogens (tertiary/aromatic N) is 4. The van der Waals surface area contributed by atoms with Gasteiger partial charge in [0.05, 0.1) is 24.3 Å². The predicted molar refractivity (Wildman–Crippen MR) is 249 cm³/mol. The van der Waals surface area contributed by atoms with Crippen LogP contribution >= 0.6 is 23.5 Å². The normalized spacial score (nSPS) is 23.2. The highest BCUT2D eigenvalue weighted by Gasteiger charge is 2.41. The van der Waals surface area contributed by atoms with Gasteiger partial charge in [-0.25, -0.2) is 9.59 Å². The number of anilines is 2. The smallest absolute Gasteiger partial charge is 0.321 e. The Morgan fingerprint density at radius 2 is 1.58 bits per heavy atom. The van der Waals surface area contributed by atoms with Gasteiger partial charge in [-0.05, 0) is 85.8 Å². The van der Waals surface area contributed by atoms with Crippen LogP contribution in [0.5, 0.6) is 17.2 Å². The molecule has 5 N–H and O–H groups in total. The van der Waals surface area contributed by atoms with E-state index in [1.807, 2.05) is 36.9 Å². The standard InChI is InChI=1S/C45H59N9O8S2/c1-28-25-46-43(58)49-41(28)63-27-40(56)54-29(2)37-15-14-36(60-5)22-30(37)23-38(54)42(57)52(4)33-8-12-35(13-9-33)62-21-20-61-34-10-6-31(7-11-34)47-44(59)50-45-48-32(26-64-45)24-39(55)53-18-16-51(3)17-19-53/h6-15,22,28-29,32,38,41,45,48H,16-21,23-27H2,1-5H3,(H2,46,49,58)(H2,47,50,59)/t28?,29-,32?,38-,41?,45?/m0/s1. The lowest BCUT2D eigenvalue weighted by molar-refractivity contribution is -0.140. The van der Waals surface area contributed by atoms with E-state index in [2.05, 4.69) is 38.5 Å². The van der Waals surface area contributed by atoms with Gasteiger partial charge in [0.15, 0.2) is 0 Å². The summed E-state index contributed by atoms with van der Waals surface area (Å²) < 4.78 is 17.3. The number of carbonyl (C=O) groups excluding carboxylic acids is 5. The Kier molecular flexibility index (Phi) is 15.7. The molecule has 4 heterocycles. The molecule has 17 nitrogen and oxygen atoms in total. The van der Waals surface area contributed by atoms with Gasteiger partial charge in [0.2, 0.25) is 17.7 Å². The van der Waals surface area contributed by atoms with Crippen LogP contribution in [0.1, 0.15) is 37.4 Å². The highest BCUT2D eigenvalue weighted by molar-refractivity contribution is 8.00. The van der Waals surface area contributed by atoms with Crippen molar-refractivity contribution < 1.29 is 38.2 Å². The molecule has 3 fully saturated rings. The van der Waals surface area contributed by atoms with E-state index in [4.69, 9.17) is 14.2 Å². The van der Waals surface area contributed by atoms with E-state index in [9.17, 15) is 24.0 Å². The van der Waals surface area contributed by atoms with Crippen molar-refractivity contribution in [2.24, 2.45) is 5.92 Å². The zero-order valence-electron chi connectivity index (χ0n) is 37.0. The minimum atomic E-state index is -0.763. The summed E-state index contributed by atoms with van der Waals surface area (Å²) >= 11 is 2.95.